The fourth-order valence-electron chi connectivity index (χ4n) is 3.87. The summed E-state index contributed by atoms with van der Waals surface area (Å²) in [4.78, 5) is 27.8. The number of benzene rings is 2. The highest BCUT2D eigenvalue weighted by Crippen LogP contribution is 2.31. The maximum absolute atomic E-state index is 12.7. The van der Waals surface area contributed by atoms with Crippen LogP contribution in [0.2, 0.25) is 0 Å². The number of hydrogen-bond donors (Lipinski definition) is 1. The first-order chi connectivity index (χ1) is 17.0. The minimum atomic E-state index is -0.443. The summed E-state index contributed by atoms with van der Waals surface area (Å²) in [5.74, 6) is 0.753. The molecule has 0 unspecified atom stereocenters. The molecule has 0 saturated heterocycles. The molecule has 0 aliphatic carbocycles. The van der Waals surface area contributed by atoms with Crippen molar-refractivity contribution in [3.63, 3.8) is 0 Å². The number of nitrogens with one attached hydrogen (secondary N) is 1. The van der Waals surface area contributed by atoms with Crippen molar-refractivity contribution in [1.29, 1.82) is 0 Å². The molecule has 0 aliphatic heterocycles. The van der Waals surface area contributed by atoms with Crippen molar-refractivity contribution in [3.8, 4) is 11.5 Å². The molecule has 5 rings (SSSR count). The van der Waals surface area contributed by atoms with Crippen LogP contribution < -0.4 is 14.8 Å². The number of fused-ring (bicyclic) bond motifs is 2. The Labute approximate surface area is 199 Å². The zero-order valence-corrected chi connectivity index (χ0v) is 18.7. The van der Waals surface area contributed by atoms with Crippen LogP contribution in [0.3, 0.4) is 0 Å². The highest BCUT2D eigenvalue weighted by molar-refractivity contribution is 5.92. The number of amides is 1. The maximum atomic E-state index is 12.7. The molecule has 0 atom stereocenters. The molecule has 2 aromatic carbocycles. The van der Waals surface area contributed by atoms with Gasteiger partial charge in [-0.1, -0.05) is 6.07 Å². The molecule has 1 N–H and O–H groups in total. The number of carbonyl (C=O) groups excluding carboxylic acids is 1. The average Bonchev–Trinajstić information content (AvgIpc) is 3.46. The minimum Gasteiger partial charge on any atom is -0.493 e. The summed E-state index contributed by atoms with van der Waals surface area (Å²) in [7, 11) is 1.55. The van der Waals surface area contributed by atoms with Gasteiger partial charge in [0.25, 0.3) is 5.69 Å². The van der Waals surface area contributed by atoms with Crippen LogP contribution in [0.5, 0.6) is 11.5 Å². The van der Waals surface area contributed by atoms with Crippen molar-refractivity contribution >= 4 is 33.8 Å². The van der Waals surface area contributed by atoms with Gasteiger partial charge >= 0.3 is 0 Å². The van der Waals surface area contributed by atoms with Crippen LogP contribution in [0.1, 0.15) is 5.69 Å². The molecule has 0 aliphatic rings. The lowest BCUT2D eigenvalue weighted by Crippen LogP contribution is -2.18. The van der Waals surface area contributed by atoms with Crippen LogP contribution in [0, 0.1) is 10.1 Å². The Morgan fingerprint density at radius 1 is 1.09 bits per heavy atom. The van der Waals surface area contributed by atoms with Gasteiger partial charge in [0, 0.05) is 53.4 Å². The van der Waals surface area contributed by atoms with Crippen LogP contribution in [-0.2, 0) is 17.9 Å². The molecule has 176 valence electrons. The summed E-state index contributed by atoms with van der Waals surface area (Å²) in [6.45, 7) is 0.279. The summed E-state index contributed by atoms with van der Waals surface area (Å²) in [6.07, 6.45) is 5.53. The predicted molar refractivity (Wildman–Crippen MR) is 130 cm³/mol. The van der Waals surface area contributed by atoms with E-state index in [0.717, 1.165) is 16.9 Å². The lowest BCUT2D eigenvalue weighted by Gasteiger charge is -2.13. The van der Waals surface area contributed by atoms with Crippen molar-refractivity contribution in [1.82, 2.24) is 14.0 Å². The molecule has 10 heteroatoms. The SMILES string of the molecule is COc1ccc(NC(=O)Cn2ccc3cc([N+](=O)[O-])ccc32)cc1OCc1cn2ccccc2n1. The van der Waals surface area contributed by atoms with Gasteiger partial charge in [-0.05, 0) is 36.4 Å². The number of methoxy groups -OCH3 is 1. The Hall–Kier alpha value is -4.86. The van der Waals surface area contributed by atoms with E-state index >= 15 is 0 Å². The Morgan fingerprint density at radius 2 is 1.97 bits per heavy atom. The second-order valence-corrected chi connectivity index (χ2v) is 7.84. The fraction of sp³-hybridized carbons (Fsp3) is 0.120. The van der Waals surface area contributed by atoms with E-state index in [1.165, 1.54) is 12.1 Å². The smallest absolute Gasteiger partial charge is 0.270 e. The monoisotopic (exact) mass is 471 g/mol. The molecule has 5 aromatic rings. The Kier molecular flexibility index (Phi) is 5.76. The van der Waals surface area contributed by atoms with Crippen molar-refractivity contribution in [2.75, 3.05) is 12.4 Å². The molecule has 3 heterocycles. The molecule has 1 amide bonds. The Balaban J connectivity index is 1.28. The van der Waals surface area contributed by atoms with E-state index in [1.54, 1.807) is 48.2 Å². The van der Waals surface area contributed by atoms with Gasteiger partial charge in [0.2, 0.25) is 5.91 Å². The third kappa shape index (κ3) is 4.62. The van der Waals surface area contributed by atoms with Crippen molar-refractivity contribution in [2.45, 2.75) is 13.2 Å². The Bertz CT molecular complexity index is 1520. The van der Waals surface area contributed by atoms with Gasteiger partial charge in [-0.3, -0.25) is 14.9 Å². The van der Waals surface area contributed by atoms with Crippen LogP contribution in [-0.4, -0.2) is 31.9 Å². The quantitative estimate of drug-likeness (QED) is 0.265. The van der Waals surface area contributed by atoms with Crippen LogP contribution in [0.25, 0.3) is 16.6 Å². The number of aromatic nitrogens is 3. The standard InChI is InChI=1S/C25H21N5O5/c1-34-22-8-5-18(13-23(22)35-16-19-14-29-10-3-2-4-24(29)26-19)27-25(31)15-28-11-9-17-12-20(30(32)33)6-7-21(17)28/h2-14H,15-16H2,1H3,(H,27,31). The number of pyridine rings is 1. The molecule has 3 aromatic heterocycles. The highest BCUT2D eigenvalue weighted by atomic mass is 16.6. The molecule has 0 spiro atoms. The fourth-order valence-corrected chi connectivity index (χ4v) is 3.87. The van der Waals surface area contributed by atoms with Crippen molar-refractivity contribution in [3.05, 3.63) is 95.1 Å². The molecule has 10 nitrogen and oxygen atoms in total. The number of imidazole rings is 1. The first kappa shape index (κ1) is 22.0. The first-order valence-corrected chi connectivity index (χ1v) is 10.8. The van der Waals surface area contributed by atoms with Gasteiger partial charge < -0.3 is 23.8 Å². The number of carbonyl (C=O) groups is 1. The van der Waals surface area contributed by atoms with Gasteiger partial charge in [-0.15, -0.1) is 0 Å². The van der Waals surface area contributed by atoms with Crippen molar-refractivity contribution in [2.24, 2.45) is 0 Å². The highest BCUT2D eigenvalue weighted by Gasteiger charge is 2.13. The third-order valence-corrected chi connectivity index (χ3v) is 5.52. The van der Waals surface area contributed by atoms with Crippen molar-refractivity contribution < 1.29 is 19.2 Å². The maximum Gasteiger partial charge on any atom is 0.270 e. The topological polar surface area (TPSA) is 113 Å². The molecule has 0 fully saturated rings. The molecular weight excluding hydrogens is 450 g/mol. The molecule has 0 saturated carbocycles. The lowest BCUT2D eigenvalue weighted by atomic mass is 10.2. The number of nitro groups is 1. The van der Waals surface area contributed by atoms with E-state index in [2.05, 4.69) is 10.3 Å². The van der Waals surface area contributed by atoms with E-state index in [9.17, 15) is 14.9 Å². The van der Waals surface area contributed by atoms with E-state index in [0.29, 0.717) is 22.6 Å². The molecule has 0 bridgehead atoms. The van der Waals surface area contributed by atoms with Crippen LogP contribution in [0.15, 0.2) is 79.3 Å². The molecular formula is C25H21N5O5. The van der Waals surface area contributed by atoms with Crippen LogP contribution in [0.4, 0.5) is 11.4 Å². The normalized spacial score (nSPS) is 11.0. The summed E-state index contributed by atoms with van der Waals surface area (Å²) in [5, 5.41) is 14.5. The average molecular weight is 471 g/mol. The van der Waals surface area contributed by atoms with Gasteiger partial charge in [-0.2, -0.15) is 0 Å². The van der Waals surface area contributed by atoms with Gasteiger partial charge in [0.15, 0.2) is 11.5 Å². The molecule has 0 radical (unpaired) electrons. The zero-order chi connectivity index (χ0) is 24.4. The van der Waals surface area contributed by atoms with Crippen LogP contribution >= 0.6 is 0 Å². The number of hydrogen-bond acceptors (Lipinski definition) is 6. The number of nitro benzene ring substituents is 1. The zero-order valence-electron chi connectivity index (χ0n) is 18.7. The molecule has 35 heavy (non-hydrogen) atoms. The minimum absolute atomic E-state index is 0.00843. The number of rotatable bonds is 8. The summed E-state index contributed by atoms with van der Waals surface area (Å²) >= 11 is 0. The van der Waals surface area contributed by atoms with Gasteiger partial charge in [-0.25, -0.2) is 4.98 Å². The Morgan fingerprint density at radius 3 is 2.77 bits per heavy atom. The summed E-state index contributed by atoms with van der Waals surface area (Å²) in [5.41, 5.74) is 2.87. The number of anilines is 1. The summed E-state index contributed by atoms with van der Waals surface area (Å²) < 4.78 is 15.0. The number of nitrogens with zero attached hydrogens (tertiary/aromatic N) is 4. The van der Waals surface area contributed by atoms with E-state index in [1.807, 2.05) is 35.0 Å². The first-order valence-electron chi connectivity index (χ1n) is 10.8. The summed E-state index contributed by atoms with van der Waals surface area (Å²) in [6, 6.07) is 17.2. The number of non-ortho nitro benzene ring substituents is 1. The van der Waals surface area contributed by atoms with Gasteiger partial charge in [0.1, 0.15) is 18.8 Å². The second-order valence-electron chi connectivity index (χ2n) is 7.84. The van der Waals surface area contributed by atoms with E-state index in [4.69, 9.17) is 9.47 Å². The number of ether oxygens (including phenoxy) is 2. The van der Waals surface area contributed by atoms with E-state index < -0.39 is 4.92 Å². The predicted octanol–water partition coefficient (Wildman–Crippen LogP) is 4.42. The largest absolute Gasteiger partial charge is 0.493 e. The third-order valence-electron chi connectivity index (χ3n) is 5.52. The second kappa shape index (κ2) is 9.18. The van der Waals surface area contributed by atoms with E-state index in [-0.39, 0.29) is 24.7 Å². The van der Waals surface area contributed by atoms with Gasteiger partial charge in [0.05, 0.1) is 17.7 Å². The lowest BCUT2D eigenvalue weighted by molar-refractivity contribution is -0.384.